The van der Waals surface area contributed by atoms with Gasteiger partial charge in [-0.05, 0) is 24.4 Å². The second-order valence-electron chi connectivity index (χ2n) is 6.99. The Morgan fingerprint density at radius 2 is 1.83 bits per heavy atom. The standard InChI is InChI=1S/C20H20O9/c1-8-5-10(22)15-12(27-8)6-9-3-2-4-11(14(9)17(15)24)28-20-19(26)18(25)16(23)13(7-21)29-20/h2-6,13,16,18-21,23-26H,7H2,1H3/t13-,16-,18+,19-,20-/m0/s1. The molecule has 0 unspecified atom stereocenters. The van der Waals surface area contributed by atoms with E-state index in [0.717, 1.165) is 0 Å². The smallest absolute Gasteiger partial charge is 0.229 e. The van der Waals surface area contributed by atoms with Crippen molar-refractivity contribution >= 4 is 21.7 Å². The lowest BCUT2D eigenvalue weighted by molar-refractivity contribution is -0.277. The van der Waals surface area contributed by atoms with Gasteiger partial charge in [-0.3, -0.25) is 4.79 Å². The summed E-state index contributed by atoms with van der Waals surface area (Å²) in [6.07, 6.45) is -7.31. The van der Waals surface area contributed by atoms with Gasteiger partial charge in [0.1, 0.15) is 52.6 Å². The molecule has 1 aliphatic heterocycles. The number of aliphatic hydroxyl groups excluding tert-OH is 4. The van der Waals surface area contributed by atoms with Crippen LogP contribution in [0.3, 0.4) is 0 Å². The SMILES string of the molecule is Cc1cc(=O)c2c(O)c3c(O[C@H]4O[C@@H](CO)[C@H](O)[C@@H](O)[C@@H]4O)cccc3cc2o1. The molecule has 0 radical (unpaired) electrons. The van der Waals surface area contributed by atoms with E-state index in [4.69, 9.17) is 13.9 Å². The number of ether oxygens (including phenoxy) is 2. The highest BCUT2D eigenvalue weighted by Crippen LogP contribution is 2.39. The van der Waals surface area contributed by atoms with Crippen LogP contribution in [-0.2, 0) is 4.74 Å². The van der Waals surface area contributed by atoms with Gasteiger partial charge in [-0.2, -0.15) is 0 Å². The molecule has 5 atom stereocenters. The van der Waals surface area contributed by atoms with E-state index in [1.807, 2.05) is 0 Å². The fourth-order valence-electron chi connectivity index (χ4n) is 3.54. The number of aromatic hydroxyl groups is 1. The summed E-state index contributed by atoms with van der Waals surface area (Å²) in [5.41, 5.74) is -0.212. The van der Waals surface area contributed by atoms with E-state index >= 15 is 0 Å². The number of phenolic OH excluding ortho intramolecular Hbond substituents is 1. The van der Waals surface area contributed by atoms with Gasteiger partial charge < -0.3 is 39.4 Å². The topological polar surface area (TPSA) is 150 Å². The first-order valence-corrected chi connectivity index (χ1v) is 8.98. The molecular weight excluding hydrogens is 384 g/mol. The summed E-state index contributed by atoms with van der Waals surface area (Å²) in [7, 11) is 0. The predicted molar refractivity (Wildman–Crippen MR) is 101 cm³/mol. The molecule has 9 nitrogen and oxygen atoms in total. The Morgan fingerprint density at radius 1 is 1.07 bits per heavy atom. The van der Waals surface area contributed by atoms with E-state index in [1.54, 1.807) is 25.1 Å². The fraction of sp³-hybridized carbons (Fsp3) is 0.350. The van der Waals surface area contributed by atoms with Crippen LogP contribution in [0.4, 0.5) is 0 Å². The van der Waals surface area contributed by atoms with Gasteiger partial charge in [0.15, 0.2) is 5.43 Å². The van der Waals surface area contributed by atoms with Gasteiger partial charge in [0.05, 0.1) is 12.0 Å². The summed E-state index contributed by atoms with van der Waals surface area (Å²) in [6.45, 7) is 1.03. The van der Waals surface area contributed by atoms with Crippen LogP contribution in [0.1, 0.15) is 5.76 Å². The van der Waals surface area contributed by atoms with Crippen molar-refractivity contribution in [1.29, 1.82) is 0 Å². The van der Waals surface area contributed by atoms with Crippen LogP contribution < -0.4 is 10.2 Å². The van der Waals surface area contributed by atoms with Crippen LogP contribution in [-0.4, -0.2) is 62.8 Å². The van der Waals surface area contributed by atoms with Crippen LogP contribution >= 0.6 is 0 Å². The van der Waals surface area contributed by atoms with Crippen LogP contribution in [0.2, 0.25) is 0 Å². The summed E-state index contributed by atoms with van der Waals surface area (Å²) < 4.78 is 16.6. The largest absolute Gasteiger partial charge is 0.506 e. The third-order valence-electron chi connectivity index (χ3n) is 5.01. The van der Waals surface area contributed by atoms with Crippen LogP contribution in [0.5, 0.6) is 11.5 Å². The van der Waals surface area contributed by atoms with Crippen molar-refractivity contribution in [2.24, 2.45) is 0 Å². The van der Waals surface area contributed by atoms with E-state index in [1.165, 1.54) is 12.1 Å². The Morgan fingerprint density at radius 3 is 2.55 bits per heavy atom. The number of hydrogen-bond donors (Lipinski definition) is 5. The molecule has 29 heavy (non-hydrogen) atoms. The quantitative estimate of drug-likeness (QED) is 0.384. The van der Waals surface area contributed by atoms with Crippen molar-refractivity contribution in [3.63, 3.8) is 0 Å². The minimum Gasteiger partial charge on any atom is -0.506 e. The molecule has 1 fully saturated rings. The summed E-state index contributed by atoms with van der Waals surface area (Å²) in [5, 5.41) is 50.8. The van der Waals surface area contributed by atoms with Gasteiger partial charge in [0.2, 0.25) is 6.29 Å². The van der Waals surface area contributed by atoms with Gasteiger partial charge in [-0.25, -0.2) is 0 Å². The first kappa shape index (κ1) is 19.6. The first-order valence-electron chi connectivity index (χ1n) is 8.98. The van der Waals surface area contributed by atoms with Crippen LogP contribution in [0, 0.1) is 6.92 Å². The number of hydrogen-bond acceptors (Lipinski definition) is 9. The van der Waals surface area contributed by atoms with Crippen molar-refractivity contribution in [2.45, 2.75) is 37.6 Å². The second-order valence-corrected chi connectivity index (χ2v) is 6.99. The van der Waals surface area contributed by atoms with Crippen molar-refractivity contribution in [1.82, 2.24) is 0 Å². The average molecular weight is 404 g/mol. The zero-order valence-electron chi connectivity index (χ0n) is 15.3. The zero-order valence-corrected chi connectivity index (χ0v) is 15.3. The van der Waals surface area contributed by atoms with E-state index < -0.39 is 42.7 Å². The molecule has 5 N–H and O–H groups in total. The number of aryl methyl sites for hydroxylation is 1. The summed E-state index contributed by atoms with van der Waals surface area (Å²) >= 11 is 0. The molecule has 4 rings (SSSR count). The first-order chi connectivity index (χ1) is 13.8. The van der Waals surface area contributed by atoms with Gasteiger partial charge in [-0.15, -0.1) is 0 Å². The zero-order chi connectivity index (χ0) is 20.9. The fourth-order valence-corrected chi connectivity index (χ4v) is 3.54. The maximum atomic E-state index is 12.4. The molecule has 0 saturated carbocycles. The summed E-state index contributed by atoms with van der Waals surface area (Å²) in [6, 6.07) is 7.64. The molecule has 2 heterocycles. The average Bonchev–Trinajstić information content (AvgIpc) is 2.67. The number of benzene rings is 2. The highest BCUT2D eigenvalue weighted by atomic mass is 16.7. The lowest BCUT2D eigenvalue weighted by atomic mass is 9.99. The van der Waals surface area contributed by atoms with Gasteiger partial charge >= 0.3 is 0 Å². The normalized spacial score (nSPS) is 27.4. The van der Waals surface area contributed by atoms with Crippen molar-refractivity contribution in [3.8, 4) is 11.5 Å². The summed E-state index contributed by atoms with van der Waals surface area (Å²) in [4.78, 5) is 12.4. The highest BCUT2D eigenvalue weighted by Gasteiger charge is 2.44. The Hall–Kier alpha value is -2.69. The van der Waals surface area contributed by atoms with Crippen LogP contribution in [0.15, 0.2) is 39.5 Å². The summed E-state index contributed by atoms with van der Waals surface area (Å²) in [5.74, 6) is 0.118. The molecule has 0 aliphatic carbocycles. The lowest BCUT2D eigenvalue weighted by Crippen LogP contribution is -2.60. The molecule has 154 valence electrons. The molecule has 1 saturated heterocycles. The Kier molecular flexibility index (Phi) is 4.93. The van der Waals surface area contributed by atoms with Gasteiger partial charge in [-0.1, -0.05) is 12.1 Å². The molecule has 0 amide bonds. The molecule has 1 aliphatic rings. The maximum Gasteiger partial charge on any atom is 0.229 e. The molecule has 9 heteroatoms. The lowest BCUT2D eigenvalue weighted by Gasteiger charge is -2.39. The van der Waals surface area contributed by atoms with E-state index in [9.17, 15) is 30.3 Å². The van der Waals surface area contributed by atoms with Crippen LogP contribution in [0.25, 0.3) is 21.7 Å². The predicted octanol–water partition coefficient (Wildman–Crippen LogP) is 0.139. The van der Waals surface area contributed by atoms with Crippen molar-refractivity contribution in [2.75, 3.05) is 6.61 Å². The molecule has 3 aromatic rings. The third kappa shape index (κ3) is 3.22. The highest BCUT2D eigenvalue weighted by molar-refractivity contribution is 6.05. The minimum absolute atomic E-state index is 0.0204. The van der Waals surface area contributed by atoms with Gasteiger partial charge in [0.25, 0.3) is 0 Å². The third-order valence-corrected chi connectivity index (χ3v) is 5.01. The van der Waals surface area contributed by atoms with E-state index in [0.29, 0.717) is 11.1 Å². The molecule has 2 aromatic carbocycles. The Bertz CT molecular complexity index is 1120. The number of fused-ring (bicyclic) bond motifs is 2. The minimum atomic E-state index is -1.61. The Labute approximate surface area is 164 Å². The molecular formula is C20H20O9. The number of phenols is 1. The number of rotatable bonds is 3. The molecule has 0 spiro atoms. The molecule has 0 bridgehead atoms. The van der Waals surface area contributed by atoms with Crippen molar-refractivity contribution < 1.29 is 39.4 Å². The second kappa shape index (κ2) is 7.29. The number of aliphatic hydroxyl groups is 4. The van der Waals surface area contributed by atoms with Crippen molar-refractivity contribution in [3.05, 3.63) is 46.3 Å². The maximum absolute atomic E-state index is 12.4. The van der Waals surface area contributed by atoms with E-state index in [-0.39, 0.29) is 27.9 Å². The monoisotopic (exact) mass is 404 g/mol. The Balaban J connectivity index is 1.82. The van der Waals surface area contributed by atoms with E-state index in [2.05, 4.69) is 0 Å². The molecule has 1 aromatic heterocycles. The van der Waals surface area contributed by atoms with Gasteiger partial charge in [0, 0.05) is 6.07 Å².